The van der Waals surface area contributed by atoms with Crippen LogP contribution in [0, 0.1) is 12.8 Å². The van der Waals surface area contributed by atoms with E-state index in [0.29, 0.717) is 0 Å². The summed E-state index contributed by atoms with van der Waals surface area (Å²) in [4.78, 5) is 15.0. The normalized spacial score (nSPS) is 13.2. The third kappa shape index (κ3) is 3.50. The minimum absolute atomic E-state index is 0.000742. The molecule has 1 aromatic rings. The lowest BCUT2D eigenvalue weighted by atomic mass is 10.1. The molecule has 86 valence electrons. The van der Waals surface area contributed by atoms with Gasteiger partial charge in [-0.2, -0.15) is 0 Å². The molecule has 0 aliphatic carbocycles. The van der Waals surface area contributed by atoms with Crippen LogP contribution < -0.4 is 0 Å². The van der Waals surface area contributed by atoms with Crippen LogP contribution in [0.5, 0.6) is 0 Å². The van der Waals surface area contributed by atoms with E-state index in [1.807, 2.05) is 45.0 Å². The zero-order valence-electron chi connectivity index (χ0n) is 9.84. The summed E-state index contributed by atoms with van der Waals surface area (Å²) in [6.45, 7) is 5.71. The van der Waals surface area contributed by atoms with Crippen molar-refractivity contribution in [2.45, 2.75) is 26.8 Å². The van der Waals surface area contributed by atoms with Gasteiger partial charge in [0.15, 0.2) is 0 Å². The lowest BCUT2D eigenvalue weighted by Gasteiger charge is -2.10. The van der Waals surface area contributed by atoms with Crippen LogP contribution >= 0.6 is 0 Å². The molecule has 0 saturated heterocycles. The number of hydrogen-bond donors (Lipinski definition) is 1. The standard InChI is InChI=1S/C13H17NO2/c1-9(2)12(13(15)16)14-8-11-6-4-10(3)5-7-11/h4-9,12H,1-3H3,(H,15,16)/b14-8+. The largest absolute Gasteiger partial charge is 0.480 e. The molecule has 0 heterocycles. The summed E-state index contributed by atoms with van der Waals surface area (Å²) < 4.78 is 0. The second-order valence-corrected chi connectivity index (χ2v) is 4.22. The van der Waals surface area contributed by atoms with E-state index in [4.69, 9.17) is 5.11 Å². The van der Waals surface area contributed by atoms with Crippen LogP contribution in [0.1, 0.15) is 25.0 Å². The molecule has 0 saturated carbocycles. The van der Waals surface area contributed by atoms with Crippen molar-refractivity contribution in [2.24, 2.45) is 10.9 Å². The Balaban J connectivity index is 2.78. The first-order valence-electron chi connectivity index (χ1n) is 5.33. The van der Waals surface area contributed by atoms with Crippen LogP contribution in [0.4, 0.5) is 0 Å². The maximum absolute atomic E-state index is 10.9. The fourth-order valence-electron chi connectivity index (χ4n) is 1.34. The Morgan fingerprint density at radius 2 is 1.88 bits per heavy atom. The quantitative estimate of drug-likeness (QED) is 0.791. The molecule has 16 heavy (non-hydrogen) atoms. The van der Waals surface area contributed by atoms with E-state index in [0.717, 1.165) is 5.56 Å². The number of carboxylic acid groups (broad SMARTS) is 1. The third-order valence-electron chi connectivity index (χ3n) is 2.35. The lowest BCUT2D eigenvalue weighted by Crippen LogP contribution is -2.24. The Morgan fingerprint density at radius 3 is 2.31 bits per heavy atom. The average Bonchev–Trinajstić information content (AvgIpc) is 2.20. The van der Waals surface area contributed by atoms with Crippen LogP contribution in [0.2, 0.25) is 0 Å². The van der Waals surface area contributed by atoms with Gasteiger partial charge in [-0.15, -0.1) is 0 Å². The van der Waals surface area contributed by atoms with Gasteiger partial charge in [-0.05, 0) is 18.4 Å². The first kappa shape index (κ1) is 12.4. The molecule has 0 amide bonds. The van der Waals surface area contributed by atoms with Crippen LogP contribution in [0.25, 0.3) is 0 Å². The Hall–Kier alpha value is -1.64. The predicted octanol–water partition coefficient (Wildman–Crippen LogP) is 2.52. The molecule has 0 fully saturated rings. The number of aliphatic imine (C=N–C) groups is 1. The van der Waals surface area contributed by atoms with Crippen molar-refractivity contribution in [1.29, 1.82) is 0 Å². The van der Waals surface area contributed by atoms with Crippen molar-refractivity contribution < 1.29 is 9.90 Å². The number of carboxylic acids is 1. The van der Waals surface area contributed by atoms with Gasteiger partial charge < -0.3 is 5.11 Å². The zero-order chi connectivity index (χ0) is 12.1. The highest BCUT2D eigenvalue weighted by molar-refractivity contribution is 5.83. The van der Waals surface area contributed by atoms with Crippen LogP contribution in [-0.2, 0) is 4.79 Å². The Morgan fingerprint density at radius 1 is 1.31 bits per heavy atom. The maximum Gasteiger partial charge on any atom is 0.328 e. The maximum atomic E-state index is 10.9. The Labute approximate surface area is 95.8 Å². The van der Waals surface area contributed by atoms with Gasteiger partial charge in [0.25, 0.3) is 0 Å². The van der Waals surface area contributed by atoms with Crippen molar-refractivity contribution in [1.82, 2.24) is 0 Å². The van der Waals surface area contributed by atoms with Gasteiger partial charge in [-0.25, -0.2) is 4.79 Å². The minimum Gasteiger partial charge on any atom is -0.480 e. The summed E-state index contributed by atoms with van der Waals surface area (Å²) in [7, 11) is 0. The molecule has 0 radical (unpaired) electrons. The smallest absolute Gasteiger partial charge is 0.328 e. The fraction of sp³-hybridized carbons (Fsp3) is 0.385. The molecule has 0 aliphatic heterocycles. The Kier molecular flexibility index (Phi) is 4.23. The zero-order valence-corrected chi connectivity index (χ0v) is 9.84. The van der Waals surface area contributed by atoms with Crippen LogP contribution in [-0.4, -0.2) is 23.3 Å². The average molecular weight is 219 g/mol. The second kappa shape index (κ2) is 5.45. The summed E-state index contributed by atoms with van der Waals surface area (Å²) >= 11 is 0. The molecule has 0 aromatic heterocycles. The van der Waals surface area contributed by atoms with Crippen molar-refractivity contribution in [3.63, 3.8) is 0 Å². The molecule has 0 spiro atoms. The molecule has 0 bridgehead atoms. The molecule has 3 heteroatoms. The van der Waals surface area contributed by atoms with Crippen molar-refractivity contribution in [3.8, 4) is 0 Å². The molecule has 1 atom stereocenters. The highest BCUT2D eigenvalue weighted by atomic mass is 16.4. The van der Waals surface area contributed by atoms with Gasteiger partial charge >= 0.3 is 5.97 Å². The summed E-state index contributed by atoms with van der Waals surface area (Å²) in [6, 6.07) is 7.15. The van der Waals surface area contributed by atoms with Gasteiger partial charge in [-0.1, -0.05) is 43.7 Å². The third-order valence-corrected chi connectivity index (χ3v) is 2.35. The molecule has 1 N–H and O–H groups in total. The van der Waals surface area contributed by atoms with E-state index in [9.17, 15) is 4.79 Å². The molecule has 1 unspecified atom stereocenters. The SMILES string of the molecule is Cc1ccc(/C=N/C(C(=O)O)C(C)C)cc1. The van der Waals surface area contributed by atoms with E-state index in [1.165, 1.54) is 5.56 Å². The molecule has 1 rings (SSSR count). The predicted molar refractivity (Wildman–Crippen MR) is 65.0 cm³/mol. The molecular formula is C13H17NO2. The highest BCUT2D eigenvalue weighted by Crippen LogP contribution is 2.07. The van der Waals surface area contributed by atoms with Gasteiger partial charge in [0, 0.05) is 6.21 Å². The van der Waals surface area contributed by atoms with E-state index in [2.05, 4.69) is 4.99 Å². The minimum atomic E-state index is -0.877. The number of benzene rings is 1. The topological polar surface area (TPSA) is 49.7 Å². The van der Waals surface area contributed by atoms with Crippen LogP contribution in [0.15, 0.2) is 29.3 Å². The van der Waals surface area contributed by atoms with Gasteiger partial charge in [0.05, 0.1) is 0 Å². The van der Waals surface area contributed by atoms with Gasteiger partial charge in [0.1, 0.15) is 6.04 Å². The monoisotopic (exact) mass is 219 g/mol. The summed E-state index contributed by atoms with van der Waals surface area (Å²) in [5.41, 5.74) is 2.10. The van der Waals surface area contributed by atoms with Crippen molar-refractivity contribution in [2.75, 3.05) is 0 Å². The van der Waals surface area contributed by atoms with Crippen molar-refractivity contribution in [3.05, 3.63) is 35.4 Å². The number of aryl methyl sites for hydroxylation is 1. The number of rotatable bonds is 4. The number of aliphatic carboxylic acids is 1. The van der Waals surface area contributed by atoms with E-state index < -0.39 is 12.0 Å². The number of carbonyl (C=O) groups is 1. The van der Waals surface area contributed by atoms with Crippen molar-refractivity contribution >= 4 is 12.2 Å². The first-order chi connectivity index (χ1) is 7.50. The van der Waals surface area contributed by atoms with Gasteiger partial charge in [-0.3, -0.25) is 4.99 Å². The first-order valence-corrected chi connectivity index (χ1v) is 5.33. The van der Waals surface area contributed by atoms with E-state index in [-0.39, 0.29) is 5.92 Å². The van der Waals surface area contributed by atoms with Crippen LogP contribution in [0.3, 0.4) is 0 Å². The molecular weight excluding hydrogens is 202 g/mol. The number of nitrogens with zero attached hydrogens (tertiary/aromatic N) is 1. The Bertz CT molecular complexity index is 379. The fourth-order valence-corrected chi connectivity index (χ4v) is 1.34. The van der Waals surface area contributed by atoms with E-state index >= 15 is 0 Å². The molecule has 1 aromatic carbocycles. The highest BCUT2D eigenvalue weighted by Gasteiger charge is 2.18. The summed E-state index contributed by atoms with van der Waals surface area (Å²) in [5.74, 6) is -0.877. The molecule has 3 nitrogen and oxygen atoms in total. The lowest BCUT2D eigenvalue weighted by molar-refractivity contribution is -0.139. The van der Waals surface area contributed by atoms with E-state index in [1.54, 1.807) is 6.21 Å². The summed E-state index contributed by atoms with van der Waals surface area (Å²) in [6.07, 6.45) is 1.62. The summed E-state index contributed by atoms with van der Waals surface area (Å²) in [5, 5.41) is 8.95. The van der Waals surface area contributed by atoms with Gasteiger partial charge in [0.2, 0.25) is 0 Å². The molecule has 0 aliphatic rings. The second-order valence-electron chi connectivity index (χ2n) is 4.22. The number of hydrogen-bond acceptors (Lipinski definition) is 2.